The zero-order chi connectivity index (χ0) is 23.7. The monoisotopic (exact) mass is 461 g/mol. The number of aromatic nitrogens is 2. The standard InChI is InChI=1S/C26H28FN5O2/c1-17-11-20(16-31(14-17)15-18-3-9-23(34-2)10-4-18)25-29-24(33)12-22-13-28-26(32(22)30-25)19-5-7-21(27)8-6-19/h3-10,13,17,20H,11-12,14-16H2,1-2H3,(H,29,30,33). The summed E-state index contributed by atoms with van der Waals surface area (Å²) in [6, 6.07) is 14.3. The van der Waals surface area contributed by atoms with Crippen LogP contribution in [0.25, 0.3) is 11.4 Å². The molecule has 8 heteroatoms. The topological polar surface area (TPSA) is 71.8 Å². The number of amidine groups is 1. The number of likely N-dealkylation sites (tertiary alicyclic amines) is 1. The summed E-state index contributed by atoms with van der Waals surface area (Å²) in [6.07, 6.45) is 2.80. The first kappa shape index (κ1) is 22.3. The molecule has 34 heavy (non-hydrogen) atoms. The molecular formula is C26H28FN5O2. The number of hydrogen-bond acceptors (Lipinski definition) is 5. The molecule has 2 aliphatic heterocycles. The number of nitrogens with one attached hydrogen (secondary N) is 1. The van der Waals surface area contributed by atoms with Crippen molar-refractivity contribution in [2.45, 2.75) is 26.3 Å². The molecule has 0 radical (unpaired) electrons. The summed E-state index contributed by atoms with van der Waals surface area (Å²) in [6.45, 7) is 4.84. The minimum absolute atomic E-state index is 0.0837. The Labute approximate surface area is 198 Å². The number of hydrogen-bond donors (Lipinski definition) is 1. The summed E-state index contributed by atoms with van der Waals surface area (Å²) in [5.41, 5.74) is 2.69. The highest BCUT2D eigenvalue weighted by Crippen LogP contribution is 2.27. The minimum atomic E-state index is -0.305. The second-order valence-electron chi connectivity index (χ2n) is 9.18. The van der Waals surface area contributed by atoms with Crippen molar-refractivity contribution in [3.05, 3.63) is 71.8 Å². The summed E-state index contributed by atoms with van der Waals surface area (Å²) in [5, 5.41) is 7.92. The fraction of sp³-hybridized carbons (Fsp3) is 0.346. The lowest BCUT2D eigenvalue weighted by Crippen LogP contribution is -2.46. The number of carbonyl (C=O) groups excluding carboxylic acids is 1. The van der Waals surface area contributed by atoms with Gasteiger partial charge in [-0.1, -0.05) is 19.1 Å². The van der Waals surface area contributed by atoms with Gasteiger partial charge in [0.2, 0.25) is 5.91 Å². The predicted molar refractivity (Wildman–Crippen MR) is 128 cm³/mol. The number of benzene rings is 2. The van der Waals surface area contributed by atoms with E-state index in [1.54, 1.807) is 30.1 Å². The Hall–Kier alpha value is -3.52. The van der Waals surface area contributed by atoms with E-state index in [1.807, 2.05) is 12.1 Å². The molecule has 0 bridgehead atoms. The van der Waals surface area contributed by atoms with Crippen LogP contribution in [0.3, 0.4) is 0 Å². The molecule has 0 aliphatic carbocycles. The molecule has 1 amide bonds. The summed E-state index contributed by atoms with van der Waals surface area (Å²) in [5.74, 6) is 2.25. The van der Waals surface area contributed by atoms with Gasteiger partial charge in [-0.15, -0.1) is 0 Å². The lowest BCUT2D eigenvalue weighted by molar-refractivity contribution is -0.119. The molecule has 3 aromatic rings. The van der Waals surface area contributed by atoms with Gasteiger partial charge >= 0.3 is 0 Å². The average molecular weight is 462 g/mol. The van der Waals surface area contributed by atoms with E-state index < -0.39 is 0 Å². The average Bonchev–Trinajstić information content (AvgIpc) is 3.12. The van der Waals surface area contributed by atoms with Crippen LogP contribution in [0.4, 0.5) is 4.39 Å². The van der Waals surface area contributed by atoms with Gasteiger partial charge in [-0.05, 0) is 54.3 Å². The third-order valence-corrected chi connectivity index (χ3v) is 6.42. The first-order chi connectivity index (χ1) is 16.5. The number of nitrogens with zero attached hydrogens (tertiary/aromatic N) is 4. The van der Waals surface area contributed by atoms with E-state index in [0.717, 1.165) is 37.4 Å². The van der Waals surface area contributed by atoms with Gasteiger partial charge in [-0.3, -0.25) is 9.69 Å². The van der Waals surface area contributed by atoms with Crippen molar-refractivity contribution in [3.63, 3.8) is 0 Å². The van der Waals surface area contributed by atoms with E-state index in [1.165, 1.54) is 17.7 Å². The SMILES string of the molecule is COc1ccc(CN2CC(C)CC(C3=Nn4c(cnc4-c4ccc(F)cc4)CC(=O)N3)C2)cc1. The zero-order valence-corrected chi connectivity index (χ0v) is 19.4. The molecule has 1 N–H and O–H groups in total. The Morgan fingerprint density at radius 1 is 1.12 bits per heavy atom. The highest BCUT2D eigenvalue weighted by Gasteiger charge is 2.31. The first-order valence-corrected chi connectivity index (χ1v) is 11.5. The highest BCUT2D eigenvalue weighted by molar-refractivity contribution is 6.01. The third kappa shape index (κ3) is 4.72. The first-order valence-electron chi connectivity index (χ1n) is 11.5. The van der Waals surface area contributed by atoms with Crippen LogP contribution < -0.4 is 10.1 Å². The lowest BCUT2D eigenvalue weighted by Gasteiger charge is -2.36. The van der Waals surface area contributed by atoms with Crippen LogP contribution in [-0.4, -0.2) is 46.5 Å². The van der Waals surface area contributed by atoms with E-state index in [0.29, 0.717) is 23.3 Å². The normalized spacial score (nSPS) is 20.8. The quantitative estimate of drug-likeness (QED) is 0.629. The van der Waals surface area contributed by atoms with Crippen LogP contribution in [0.15, 0.2) is 59.8 Å². The molecule has 1 aromatic heterocycles. The maximum Gasteiger partial charge on any atom is 0.231 e. The molecule has 2 unspecified atom stereocenters. The minimum Gasteiger partial charge on any atom is -0.497 e. The molecular weight excluding hydrogens is 433 g/mol. The van der Waals surface area contributed by atoms with E-state index in [2.05, 4.69) is 34.3 Å². The molecule has 1 saturated heterocycles. The van der Waals surface area contributed by atoms with Crippen LogP contribution in [0, 0.1) is 17.7 Å². The van der Waals surface area contributed by atoms with Crippen molar-refractivity contribution in [2.24, 2.45) is 16.9 Å². The number of ether oxygens (including phenoxy) is 1. The fourth-order valence-corrected chi connectivity index (χ4v) is 4.86. The second kappa shape index (κ2) is 9.38. The van der Waals surface area contributed by atoms with Gasteiger partial charge in [0.15, 0.2) is 5.82 Å². The molecule has 0 saturated carbocycles. The van der Waals surface area contributed by atoms with Crippen molar-refractivity contribution in [3.8, 4) is 17.1 Å². The molecule has 7 nitrogen and oxygen atoms in total. The van der Waals surface area contributed by atoms with Gasteiger partial charge in [0.1, 0.15) is 17.4 Å². The van der Waals surface area contributed by atoms with Crippen LogP contribution in [0.5, 0.6) is 5.75 Å². The van der Waals surface area contributed by atoms with Gasteiger partial charge in [-0.2, -0.15) is 5.10 Å². The molecule has 5 rings (SSSR count). The Kier molecular flexibility index (Phi) is 6.15. The number of halogens is 1. The number of rotatable bonds is 5. The van der Waals surface area contributed by atoms with E-state index in [-0.39, 0.29) is 24.1 Å². The summed E-state index contributed by atoms with van der Waals surface area (Å²) < 4.78 is 20.4. The zero-order valence-electron chi connectivity index (χ0n) is 19.4. The van der Waals surface area contributed by atoms with Crippen molar-refractivity contribution in [1.29, 1.82) is 0 Å². The van der Waals surface area contributed by atoms with Crippen molar-refractivity contribution >= 4 is 11.7 Å². The second-order valence-corrected chi connectivity index (χ2v) is 9.18. The van der Waals surface area contributed by atoms with E-state index >= 15 is 0 Å². The summed E-state index contributed by atoms with van der Waals surface area (Å²) >= 11 is 0. The van der Waals surface area contributed by atoms with Crippen LogP contribution in [0.2, 0.25) is 0 Å². The van der Waals surface area contributed by atoms with E-state index in [4.69, 9.17) is 9.84 Å². The van der Waals surface area contributed by atoms with Gasteiger partial charge in [0.05, 0.1) is 25.4 Å². The molecule has 2 atom stereocenters. The lowest BCUT2D eigenvalue weighted by atomic mass is 9.89. The molecule has 0 spiro atoms. The van der Waals surface area contributed by atoms with Crippen LogP contribution in [-0.2, 0) is 17.8 Å². The number of methoxy groups -OCH3 is 1. The maximum atomic E-state index is 13.4. The summed E-state index contributed by atoms with van der Waals surface area (Å²) in [7, 11) is 1.67. The van der Waals surface area contributed by atoms with E-state index in [9.17, 15) is 9.18 Å². The molecule has 1 fully saturated rings. The highest BCUT2D eigenvalue weighted by atomic mass is 19.1. The number of piperidine rings is 1. The Bertz CT molecular complexity index is 1200. The molecule has 2 aromatic carbocycles. The van der Waals surface area contributed by atoms with Gasteiger partial charge < -0.3 is 10.1 Å². The van der Waals surface area contributed by atoms with Crippen LogP contribution >= 0.6 is 0 Å². The summed E-state index contributed by atoms with van der Waals surface area (Å²) in [4.78, 5) is 19.6. The fourth-order valence-electron chi connectivity index (χ4n) is 4.86. The Balaban J connectivity index is 1.41. The largest absolute Gasteiger partial charge is 0.497 e. The van der Waals surface area contributed by atoms with Gasteiger partial charge in [0.25, 0.3) is 0 Å². The predicted octanol–water partition coefficient (Wildman–Crippen LogP) is 3.69. The number of amides is 1. The number of imidazole rings is 1. The maximum absolute atomic E-state index is 13.4. The molecule has 2 aliphatic rings. The smallest absolute Gasteiger partial charge is 0.231 e. The van der Waals surface area contributed by atoms with Crippen molar-refractivity contribution < 1.29 is 13.9 Å². The Morgan fingerprint density at radius 2 is 1.88 bits per heavy atom. The van der Waals surface area contributed by atoms with Gasteiger partial charge in [0, 0.05) is 31.1 Å². The van der Waals surface area contributed by atoms with Crippen molar-refractivity contribution in [2.75, 3.05) is 20.2 Å². The molecule has 176 valence electrons. The number of fused-ring (bicyclic) bond motifs is 1. The number of carbonyl (C=O) groups is 1. The Morgan fingerprint density at radius 3 is 2.62 bits per heavy atom. The van der Waals surface area contributed by atoms with Crippen molar-refractivity contribution in [1.82, 2.24) is 19.9 Å². The van der Waals surface area contributed by atoms with Gasteiger partial charge in [-0.25, -0.2) is 14.1 Å². The van der Waals surface area contributed by atoms with Crippen LogP contribution in [0.1, 0.15) is 24.6 Å². The molecule has 3 heterocycles. The third-order valence-electron chi connectivity index (χ3n) is 6.42.